The molecule has 0 radical (unpaired) electrons. The van der Waals surface area contributed by atoms with Crippen LogP contribution in [0.4, 0.5) is 0 Å². The Labute approximate surface area is 99.8 Å². The van der Waals surface area contributed by atoms with Gasteiger partial charge in [0, 0.05) is 16.6 Å². The topological polar surface area (TPSA) is 63.6 Å². The Kier molecular flexibility index (Phi) is 6.18. The van der Waals surface area contributed by atoms with Gasteiger partial charge >= 0.3 is 5.97 Å². The molecule has 0 aliphatic heterocycles. The molecule has 0 aromatic heterocycles. The summed E-state index contributed by atoms with van der Waals surface area (Å²) in [6.45, 7) is 9.59. The van der Waals surface area contributed by atoms with Gasteiger partial charge in [0.05, 0.1) is 12.2 Å². The lowest BCUT2D eigenvalue weighted by molar-refractivity contribution is -0.137. The monoisotopic (exact) mass is 250 g/mol. The molecule has 0 aromatic carbocycles. The van der Waals surface area contributed by atoms with Gasteiger partial charge in [-0.15, -0.1) is 0 Å². The van der Waals surface area contributed by atoms with Crippen molar-refractivity contribution in [2.24, 2.45) is 5.92 Å². The van der Waals surface area contributed by atoms with Crippen LogP contribution in [0.3, 0.4) is 0 Å². The predicted molar refractivity (Wildman–Crippen MR) is 65.0 cm³/mol. The molecule has 1 N–H and O–H groups in total. The maximum Gasteiger partial charge on any atom is 0.319 e. The van der Waals surface area contributed by atoms with Crippen LogP contribution in [0.2, 0.25) is 0 Å². The molecule has 2 atom stereocenters. The molecule has 96 valence electrons. The Morgan fingerprint density at radius 2 is 1.88 bits per heavy atom. The van der Waals surface area contributed by atoms with Crippen molar-refractivity contribution in [1.29, 1.82) is 0 Å². The molecule has 5 heteroatoms. The lowest BCUT2D eigenvalue weighted by Crippen LogP contribution is -2.34. The fourth-order valence-corrected chi connectivity index (χ4v) is 2.59. The number of ether oxygens (including phenoxy) is 1. The minimum atomic E-state index is -1.38. The van der Waals surface area contributed by atoms with E-state index in [2.05, 4.69) is 0 Å². The Bertz CT molecular complexity index is 255. The Morgan fingerprint density at radius 1 is 1.38 bits per heavy atom. The number of aliphatic carboxylic acids is 1. The maximum atomic E-state index is 11.8. The van der Waals surface area contributed by atoms with Crippen molar-refractivity contribution in [2.45, 2.75) is 45.5 Å². The Hall–Kier alpha value is -0.420. The summed E-state index contributed by atoms with van der Waals surface area (Å²) in [5, 5.41) is 8.14. The Balaban J connectivity index is 4.18. The highest BCUT2D eigenvalue weighted by Gasteiger charge is 2.28. The molecule has 2 unspecified atom stereocenters. The van der Waals surface area contributed by atoms with Crippen LogP contribution in [0.1, 0.15) is 34.6 Å². The molecule has 0 rings (SSSR count). The third-order valence-corrected chi connectivity index (χ3v) is 3.83. The first kappa shape index (κ1) is 15.6. The normalized spacial score (nSPS) is 16.1. The average molecular weight is 250 g/mol. The third kappa shape index (κ3) is 6.23. The van der Waals surface area contributed by atoms with Crippen LogP contribution >= 0.6 is 0 Å². The van der Waals surface area contributed by atoms with E-state index in [9.17, 15) is 9.00 Å². The Morgan fingerprint density at radius 3 is 2.19 bits per heavy atom. The highest BCUT2D eigenvalue weighted by Crippen LogP contribution is 2.12. The zero-order chi connectivity index (χ0) is 12.9. The summed E-state index contributed by atoms with van der Waals surface area (Å²) in [6.07, 6.45) is 0. The van der Waals surface area contributed by atoms with Crippen molar-refractivity contribution in [3.05, 3.63) is 0 Å². The zero-order valence-corrected chi connectivity index (χ0v) is 11.5. The summed E-state index contributed by atoms with van der Waals surface area (Å²) in [5.41, 5.74) is -0.277. The van der Waals surface area contributed by atoms with Gasteiger partial charge in [-0.3, -0.25) is 9.00 Å². The van der Waals surface area contributed by atoms with Crippen LogP contribution in [-0.2, 0) is 20.3 Å². The van der Waals surface area contributed by atoms with E-state index in [0.717, 1.165) is 0 Å². The first-order chi connectivity index (χ1) is 7.15. The lowest BCUT2D eigenvalue weighted by atomic mass is 10.1. The minimum absolute atomic E-state index is 0.132. The van der Waals surface area contributed by atoms with Gasteiger partial charge in [0.25, 0.3) is 0 Å². The summed E-state index contributed by atoms with van der Waals surface area (Å²) in [4.78, 5) is 10.9. The molecule has 0 aliphatic carbocycles. The van der Waals surface area contributed by atoms with E-state index in [4.69, 9.17) is 9.84 Å². The molecule has 0 saturated heterocycles. The van der Waals surface area contributed by atoms with E-state index in [-0.39, 0.29) is 17.3 Å². The summed E-state index contributed by atoms with van der Waals surface area (Å²) in [5.74, 6) is -0.857. The molecule has 4 nitrogen and oxygen atoms in total. The number of carboxylic acids is 1. The van der Waals surface area contributed by atoms with Gasteiger partial charge in [-0.2, -0.15) is 0 Å². The second kappa shape index (κ2) is 6.35. The van der Waals surface area contributed by atoms with Crippen molar-refractivity contribution in [3.63, 3.8) is 0 Å². The van der Waals surface area contributed by atoms with Crippen molar-refractivity contribution >= 4 is 16.8 Å². The van der Waals surface area contributed by atoms with Crippen LogP contribution < -0.4 is 0 Å². The van der Waals surface area contributed by atoms with Gasteiger partial charge in [0.1, 0.15) is 5.25 Å². The number of hydrogen-bond donors (Lipinski definition) is 1. The molecule has 16 heavy (non-hydrogen) atoms. The number of carbonyl (C=O) groups is 1. The minimum Gasteiger partial charge on any atom is -0.480 e. The average Bonchev–Trinajstić information content (AvgIpc) is 1.99. The summed E-state index contributed by atoms with van der Waals surface area (Å²) in [6, 6.07) is 0. The fraction of sp³-hybridized carbons (Fsp3) is 0.909. The van der Waals surface area contributed by atoms with Crippen molar-refractivity contribution in [2.75, 3.05) is 12.4 Å². The molecule has 0 amide bonds. The van der Waals surface area contributed by atoms with Crippen LogP contribution in [0.25, 0.3) is 0 Å². The van der Waals surface area contributed by atoms with E-state index in [1.807, 2.05) is 20.8 Å². The molecular weight excluding hydrogens is 228 g/mol. The molecular formula is C11H22O4S. The molecule has 0 saturated carbocycles. The quantitative estimate of drug-likeness (QED) is 0.778. The van der Waals surface area contributed by atoms with Gasteiger partial charge in [-0.05, 0) is 26.7 Å². The number of carboxylic acid groups (broad SMARTS) is 1. The van der Waals surface area contributed by atoms with Gasteiger partial charge in [0.15, 0.2) is 0 Å². The lowest BCUT2D eigenvalue weighted by Gasteiger charge is -2.21. The van der Waals surface area contributed by atoms with Crippen molar-refractivity contribution in [1.82, 2.24) is 0 Å². The molecule has 0 fully saturated rings. The van der Waals surface area contributed by atoms with Crippen LogP contribution in [0.5, 0.6) is 0 Å². The van der Waals surface area contributed by atoms with Crippen LogP contribution in [0.15, 0.2) is 0 Å². The summed E-state index contributed by atoms with van der Waals surface area (Å²) in [7, 11) is -1.38. The van der Waals surface area contributed by atoms with E-state index >= 15 is 0 Å². The van der Waals surface area contributed by atoms with E-state index in [1.165, 1.54) is 0 Å². The largest absolute Gasteiger partial charge is 0.480 e. The van der Waals surface area contributed by atoms with Crippen LogP contribution in [0, 0.1) is 5.92 Å². The van der Waals surface area contributed by atoms with E-state index in [1.54, 1.807) is 13.8 Å². The fourth-order valence-electron chi connectivity index (χ4n) is 1.26. The second-order valence-corrected chi connectivity index (χ2v) is 6.73. The SMILES string of the molecule is CC(C)C(C(=O)O)S(=O)CCOC(C)(C)C. The van der Waals surface area contributed by atoms with Gasteiger partial charge in [-0.25, -0.2) is 0 Å². The second-order valence-electron chi connectivity index (χ2n) is 5.05. The molecule has 0 aromatic rings. The highest BCUT2D eigenvalue weighted by atomic mass is 32.2. The zero-order valence-electron chi connectivity index (χ0n) is 10.6. The van der Waals surface area contributed by atoms with Gasteiger partial charge < -0.3 is 9.84 Å². The predicted octanol–water partition coefficient (Wildman–Crippen LogP) is 1.66. The highest BCUT2D eigenvalue weighted by molar-refractivity contribution is 7.86. The van der Waals surface area contributed by atoms with Gasteiger partial charge in [-0.1, -0.05) is 13.8 Å². The molecule has 0 heterocycles. The van der Waals surface area contributed by atoms with E-state index < -0.39 is 22.0 Å². The number of rotatable bonds is 6. The first-order valence-corrected chi connectivity index (χ1v) is 6.77. The van der Waals surface area contributed by atoms with E-state index in [0.29, 0.717) is 6.61 Å². The van der Waals surface area contributed by atoms with Crippen molar-refractivity contribution < 1.29 is 18.8 Å². The maximum absolute atomic E-state index is 11.8. The first-order valence-electron chi connectivity index (χ1n) is 5.39. The third-order valence-electron chi connectivity index (χ3n) is 1.95. The standard InChI is InChI=1S/C11H22O4S/c1-8(2)9(10(12)13)16(14)7-6-15-11(3,4)5/h8-9H,6-7H2,1-5H3,(H,12,13). The molecule has 0 bridgehead atoms. The summed E-state index contributed by atoms with van der Waals surface area (Å²) < 4.78 is 17.2. The molecule has 0 spiro atoms. The van der Waals surface area contributed by atoms with Gasteiger partial charge in [0.2, 0.25) is 0 Å². The molecule has 0 aliphatic rings. The number of hydrogen-bond acceptors (Lipinski definition) is 3. The van der Waals surface area contributed by atoms with Crippen LogP contribution in [-0.4, -0.2) is 38.5 Å². The summed E-state index contributed by atoms with van der Waals surface area (Å²) >= 11 is 0. The van der Waals surface area contributed by atoms with Crippen molar-refractivity contribution in [3.8, 4) is 0 Å². The smallest absolute Gasteiger partial charge is 0.319 e.